The molecule has 0 radical (unpaired) electrons. The lowest BCUT2D eigenvalue weighted by Crippen LogP contribution is -2.48. The first kappa shape index (κ1) is 13.9. The van der Waals surface area contributed by atoms with Crippen molar-refractivity contribution in [3.63, 3.8) is 0 Å². The molecule has 0 aliphatic carbocycles. The highest BCUT2D eigenvalue weighted by Crippen LogP contribution is 2.32. The van der Waals surface area contributed by atoms with Crippen molar-refractivity contribution in [2.45, 2.75) is 32.2 Å². The van der Waals surface area contributed by atoms with Gasteiger partial charge in [-0.1, -0.05) is 12.1 Å². The fourth-order valence-corrected chi connectivity index (χ4v) is 2.65. The quantitative estimate of drug-likeness (QED) is 0.886. The van der Waals surface area contributed by atoms with E-state index in [1.807, 2.05) is 36.1 Å². The molecule has 0 saturated carbocycles. The van der Waals surface area contributed by atoms with Crippen LogP contribution >= 0.6 is 0 Å². The van der Waals surface area contributed by atoms with Gasteiger partial charge in [0, 0.05) is 0 Å². The smallest absolute Gasteiger partial charge is 0.328 e. The zero-order chi connectivity index (χ0) is 13.9. The molecule has 2 rings (SSSR count). The number of likely N-dealkylation sites (tertiary alicyclic amines) is 1. The van der Waals surface area contributed by atoms with Gasteiger partial charge in [-0.15, -0.1) is 0 Å². The molecule has 4 nitrogen and oxygen atoms in total. The molecule has 1 N–H and O–H groups in total. The van der Waals surface area contributed by atoms with Gasteiger partial charge >= 0.3 is 5.97 Å². The van der Waals surface area contributed by atoms with Gasteiger partial charge in [0.15, 0.2) is 0 Å². The summed E-state index contributed by atoms with van der Waals surface area (Å²) in [4.78, 5) is 13.8. The first-order valence-corrected chi connectivity index (χ1v) is 6.81. The van der Waals surface area contributed by atoms with Crippen LogP contribution in [0.1, 0.15) is 32.3 Å². The van der Waals surface area contributed by atoms with Crippen LogP contribution in [0.25, 0.3) is 0 Å². The first-order valence-electron chi connectivity index (χ1n) is 6.81. The highest BCUT2D eigenvalue weighted by molar-refractivity contribution is 5.80. The molecule has 1 saturated heterocycles. The van der Waals surface area contributed by atoms with Crippen molar-refractivity contribution in [3.8, 4) is 5.75 Å². The van der Waals surface area contributed by atoms with Gasteiger partial charge in [0.2, 0.25) is 0 Å². The Labute approximate surface area is 114 Å². The fraction of sp³-hybridized carbons (Fsp3) is 0.533. The summed E-state index contributed by atoms with van der Waals surface area (Å²) in [6.07, 6.45) is 2.14. The molecule has 1 heterocycles. The lowest BCUT2D eigenvalue weighted by Gasteiger charge is -2.35. The van der Waals surface area contributed by atoms with Gasteiger partial charge in [-0.05, 0) is 57.5 Å². The predicted octanol–water partition coefficient (Wildman–Crippen LogP) is 2.48. The Hall–Kier alpha value is -1.55. The molecule has 0 amide bonds. The molecule has 19 heavy (non-hydrogen) atoms. The summed E-state index contributed by atoms with van der Waals surface area (Å²) in [6.45, 7) is 6.02. The maximum atomic E-state index is 11.7. The Morgan fingerprint density at radius 2 is 1.89 bits per heavy atom. The summed E-state index contributed by atoms with van der Waals surface area (Å²) in [6, 6.07) is 7.40. The van der Waals surface area contributed by atoms with Crippen LogP contribution in [0.4, 0.5) is 0 Å². The average Bonchev–Trinajstić information content (AvgIpc) is 2.93. The van der Waals surface area contributed by atoms with Gasteiger partial charge < -0.3 is 9.84 Å². The van der Waals surface area contributed by atoms with Gasteiger partial charge in [0.1, 0.15) is 11.3 Å². The SMILES string of the molecule is CCOc1ccc(C(C)(C(=O)O)N2CCCC2)cc1. The summed E-state index contributed by atoms with van der Waals surface area (Å²) in [5, 5.41) is 9.65. The Kier molecular flexibility index (Phi) is 4.10. The molecule has 1 aliphatic heterocycles. The topological polar surface area (TPSA) is 49.8 Å². The zero-order valence-corrected chi connectivity index (χ0v) is 11.6. The Morgan fingerprint density at radius 1 is 1.32 bits per heavy atom. The third kappa shape index (κ3) is 2.59. The fourth-order valence-electron chi connectivity index (χ4n) is 2.65. The number of aliphatic carboxylic acids is 1. The summed E-state index contributed by atoms with van der Waals surface area (Å²) in [5.74, 6) is -0.0148. The monoisotopic (exact) mass is 263 g/mol. The Bertz CT molecular complexity index is 437. The first-order chi connectivity index (χ1) is 9.09. The molecular weight excluding hydrogens is 242 g/mol. The van der Waals surface area contributed by atoms with Crippen molar-refractivity contribution in [3.05, 3.63) is 29.8 Å². The van der Waals surface area contributed by atoms with E-state index in [1.165, 1.54) is 0 Å². The minimum atomic E-state index is -0.943. The van der Waals surface area contributed by atoms with E-state index in [-0.39, 0.29) is 0 Å². The Morgan fingerprint density at radius 3 is 2.37 bits per heavy atom. The number of carboxylic acids is 1. The highest BCUT2D eigenvalue weighted by atomic mass is 16.5. The minimum Gasteiger partial charge on any atom is -0.494 e. The molecule has 1 atom stereocenters. The van der Waals surface area contributed by atoms with E-state index < -0.39 is 11.5 Å². The van der Waals surface area contributed by atoms with E-state index in [0.717, 1.165) is 37.2 Å². The van der Waals surface area contributed by atoms with Gasteiger partial charge in [-0.25, -0.2) is 4.79 Å². The third-order valence-electron chi connectivity index (χ3n) is 3.88. The maximum Gasteiger partial charge on any atom is 0.328 e. The molecule has 4 heteroatoms. The second-order valence-electron chi connectivity index (χ2n) is 5.03. The van der Waals surface area contributed by atoms with Gasteiger partial charge in [-0.2, -0.15) is 0 Å². The standard InChI is InChI=1S/C15H21NO3/c1-3-19-13-8-6-12(7-9-13)15(2,14(17)18)16-10-4-5-11-16/h6-9H,3-5,10-11H2,1-2H3,(H,17,18). The number of benzene rings is 1. The molecule has 0 bridgehead atoms. The van der Waals surface area contributed by atoms with E-state index >= 15 is 0 Å². The number of hydrogen-bond donors (Lipinski definition) is 1. The molecule has 0 spiro atoms. The van der Waals surface area contributed by atoms with Crippen LogP contribution in [-0.2, 0) is 10.3 Å². The third-order valence-corrected chi connectivity index (χ3v) is 3.88. The van der Waals surface area contributed by atoms with Gasteiger partial charge in [-0.3, -0.25) is 4.90 Å². The molecule has 1 aliphatic rings. The van der Waals surface area contributed by atoms with E-state index in [2.05, 4.69) is 0 Å². The van der Waals surface area contributed by atoms with Crippen LogP contribution in [0, 0.1) is 0 Å². The van der Waals surface area contributed by atoms with Crippen LogP contribution in [0.15, 0.2) is 24.3 Å². The van der Waals surface area contributed by atoms with Gasteiger partial charge in [0.25, 0.3) is 0 Å². The number of nitrogens with zero attached hydrogens (tertiary/aromatic N) is 1. The zero-order valence-electron chi connectivity index (χ0n) is 11.6. The average molecular weight is 263 g/mol. The lowest BCUT2D eigenvalue weighted by atomic mass is 9.90. The highest BCUT2D eigenvalue weighted by Gasteiger charge is 2.42. The van der Waals surface area contributed by atoms with Crippen molar-refractivity contribution < 1.29 is 14.6 Å². The van der Waals surface area contributed by atoms with E-state index in [4.69, 9.17) is 4.74 Å². The van der Waals surface area contributed by atoms with Crippen LogP contribution in [0.5, 0.6) is 5.75 Å². The van der Waals surface area contributed by atoms with Crippen molar-refractivity contribution in [1.82, 2.24) is 4.90 Å². The summed E-state index contributed by atoms with van der Waals surface area (Å²) in [5.41, 5.74) is -0.133. The predicted molar refractivity (Wildman–Crippen MR) is 73.4 cm³/mol. The van der Waals surface area contributed by atoms with Gasteiger partial charge in [0.05, 0.1) is 6.61 Å². The largest absolute Gasteiger partial charge is 0.494 e. The maximum absolute atomic E-state index is 11.7. The molecule has 1 aromatic carbocycles. The summed E-state index contributed by atoms with van der Waals surface area (Å²) in [7, 11) is 0. The van der Waals surface area contributed by atoms with Crippen molar-refractivity contribution >= 4 is 5.97 Å². The Balaban J connectivity index is 2.30. The molecule has 0 aromatic heterocycles. The number of hydrogen-bond acceptors (Lipinski definition) is 3. The second kappa shape index (κ2) is 5.61. The number of ether oxygens (including phenoxy) is 1. The van der Waals surface area contributed by atoms with Crippen LogP contribution in [-0.4, -0.2) is 35.7 Å². The molecule has 1 aromatic rings. The molecule has 104 valence electrons. The van der Waals surface area contributed by atoms with E-state index in [0.29, 0.717) is 6.61 Å². The number of rotatable bonds is 5. The number of carbonyl (C=O) groups is 1. The van der Waals surface area contributed by atoms with Crippen LogP contribution < -0.4 is 4.74 Å². The van der Waals surface area contributed by atoms with Crippen LogP contribution in [0.3, 0.4) is 0 Å². The summed E-state index contributed by atoms with van der Waals surface area (Å²) < 4.78 is 5.40. The van der Waals surface area contributed by atoms with Crippen molar-refractivity contribution in [2.24, 2.45) is 0 Å². The number of carboxylic acid groups (broad SMARTS) is 1. The molecular formula is C15H21NO3. The van der Waals surface area contributed by atoms with E-state index in [1.54, 1.807) is 6.92 Å². The molecule has 1 unspecified atom stereocenters. The normalized spacial score (nSPS) is 19.1. The lowest BCUT2D eigenvalue weighted by molar-refractivity contribution is -0.150. The van der Waals surface area contributed by atoms with Crippen molar-refractivity contribution in [1.29, 1.82) is 0 Å². The summed E-state index contributed by atoms with van der Waals surface area (Å²) >= 11 is 0. The molecule has 1 fully saturated rings. The second-order valence-corrected chi connectivity index (χ2v) is 5.03. The van der Waals surface area contributed by atoms with Crippen molar-refractivity contribution in [2.75, 3.05) is 19.7 Å². The van der Waals surface area contributed by atoms with Crippen LogP contribution in [0.2, 0.25) is 0 Å². The van der Waals surface area contributed by atoms with E-state index in [9.17, 15) is 9.90 Å². The minimum absolute atomic E-state index is 0.613.